The van der Waals surface area contributed by atoms with Crippen molar-refractivity contribution < 1.29 is 8.42 Å². The molecule has 0 spiro atoms. The summed E-state index contributed by atoms with van der Waals surface area (Å²) in [4.78, 5) is 3.75. The number of nitriles is 1. The Balaban J connectivity index is 3.19. The van der Waals surface area contributed by atoms with Gasteiger partial charge in [-0.3, -0.25) is 4.98 Å². The molecule has 0 aromatic carbocycles. The van der Waals surface area contributed by atoms with Crippen LogP contribution in [0.25, 0.3) is 0 Å². The van der Waals surface area contributed by atoms with Crippen LogP contribution < -0.4 is 0 Å². The molecule has 0 fully saturated rings. The van der Waals surface area contributed by atoms with E-state index >= 15 is 0 Å². The lowest BCUT2D eigenvalue weighted by molar-refractivity contribution is 0.360. The van der Waals surface area contributed by atoms with Gasteiger partial charge in [-0.25, -0.2) is 8.42 Å². The van der Waals surface area contributed by atoms with E-state index in [2.05, 4.69) is 4.98 Å². The second-order valence-electron chi connectivity index (χ2n) is 3.92. The van der Waals surface area contributed by atoms with Crippen LogP contribution >= 0.6 is 11.6 Å². The first-order chi connectivity index (χ1) is 8.41. The standard InChI is InChI=1S/C11H14ClN3O2S/c1-9(2)15(7-3-5-13)18(16,17)11-8-14-6-4-10(11)12/h4,6,8-9H,3,7H2,1-2H3. The average molecular weight is 288 g/mol. The molecule has 5 nitrogen and oxygen atoms in total. The summed E-state index contributed by atoms with van der Waals surface area (Å²) in [5.74, 6) is 0. The largest absolute Gasteiger partial charge is 0.263 e. The van der Waals surface area contributed by atoms with Crippen molar-refractivity contribution in [2.75, 3.05) is 6.54 Å². The zero-order chi connectivity index (χ0) is 13.8. The van der Waals surface area contributed by atoms with Crippen LogP contribution in [0.2, 0.25) is 5.02 Å². The third-order valence-electron chi connectivity index (χ3n) is 2.34. The van der Waals surface area contributed by atoms with Crippen molar-refractivity contribution in [1.29, 1.82) is 5.26 Å². The molecule has 0 aliphatic carbocycles. The van der Waals surface area contributed by atoms with E-state index in [1.807, 2.05) is 6.07 Å². The summed E-state index contributed by atoms with van der Waals surface area (Å²) in [5.41, 5.74) is 0. The highest BCUT2D eigenvalue weighted by atomic mass is 35.5. The molecule has 0 atom stereocenters. The maximum absolute atomic E-state index is 12.4. The van der Waals surface area contributed by atoms with Crippen LogP contribution in [0.4, 0.5) is 0 Å². The number of aromatic nitrogens is 1. The van der Waals surface area contributed by atoms with Gasteiger partial charge in [-0.15, -0.1) is 0 Å². The average Bonchev–Trinajstić information content (AvgIpc) is 2.29. The van der Waals surface area contributed by atoms with Gasteiger partial charge in [0.15, 0.2) is 0 Å². The molecule has 0 saturated carbocycles. The number of halogens is 1. The van der Waals surface area contributed by atoms with Gasteiger partial charge in [-0.05, 0) is 19.9 Å². The second kappa shape index (κ2) is 6.14. The zero-order valence-electron chi connectivity index (χ0n) is 10.2. The number of sulfonamides is 1. The summed E-state index contributed by atoms with van der Waals surface area (Å²) in [6.07, 6.45) is 2.78. The van der Waals surface area contributed by atoms with Crippen LogP contribution in [0.3, 0.4) is 0 Å². The minimum Gasteiger partial charge on any atom is -0.263 e. The summed E-state index contributed by atoms with van der Waals surface area (Å²) in [6, 6.07) is 3.11. The van der Waals surface area contributed by atoms with Gasteiger partial charge in [0.25, 0.3) is 0 Å². The van der Waals surface area contributed by atoms with Crippen molar-refractivity contribution in [3.63, 3.8) is 0 Å². The molecule has 0 aliphatic heterocycles. The van der Waals surface area contributed by atoms with Crippen molar-refractivity contribution in [1.82, 2.24) is 9.29 Å². The van der Waals surface area contributed by atoms with E-state index < -0.39 is 10.0 Å². The lowest BCUT2D eigenvalue weighted by Crippen LogP contribution is -2.37. The lowest BCUT2D eigenvalue weighted by atomic mass is 10.3. The molecule has 1 heterocycles. The van der Waals surface area contributed by atoms with Crippen LogP contribution in [0.15, 0.2) is 23.4 Å². The molecular weight excluding hydrogens is 274 g/mol. The van der Waals surface area contributed by atoms with Gasteiger partial charge >= 0.3 is 0 Å². The summed E-state index contributed by atoms with van der Waals surface area (Å²) in [6.45, 7) is 3.64. The quantitative estimate of drug-likeness (QED) is 0.831. The number of nitrogens with zero attached hydrogens (tertiary/aromatic N) is 3. The first-order valence-electron chi connectivity index (χ1n) is 5.39. The molecule has 0 bridgehead atoms. The van der Waals surface area contributed by atoms with Crippen molar-refractivity contribution in [2.24, 2.45) is 0 Å². The Hall–Kier alpha value is -1.16. The van der Waals surface area contributed by atoms with Gasteiger partial charge in [0.2, 0.25) is 10.0 Å². The molecule has 1 aromatic rings. The lowest BCUT2D eigenvalue weighted by Gasteiger charge is -2.25. The monoisotopic (exact) mass is 287 g/mol. The third-order valence-corrected chi connectivity index (χ3v) is 4.89. The Morgan fingerprint density at radius 3 is 2.72 bits per heavy atom. The fraction of sp³-hybridized carbons (Fsp3) is 0.455. The first-order valence-corrected chi connectivity index (χ1v) is 7.21. The molecular formula is C11H14ClN3O2S. The van der Waals surface area contributed by atoms with E-state index in [0.29, 0.717) is 0 Å². The minimum atomic E-state index is -3.72. The normalized spacial score (nSPS) is 11.8. The molecule has 98 valence electrons. The van der Waals surface area contributed by atoms with Crippen molar-refractivity contribution >= 4 is 21.6 Å². The molecule has 0 N–H and O–H groups in total. The highest BCUT2D eigenvalue weighted by Crippen LogP contribution is 2.24. The maximum atomic E-state index is 12.4. The molecule has 1 rings (SSSR count). The van der Waals surface area contributed by atoms with E-state index in [0.717, 1.165) is 0 Å². The molecule has 0 unspecified atom stereocenters. The fourth-order valence-electron chi connectivity index (χ4n) is 1.50. The maximum Gasteiger partial charge on any atom is 0.246 e. The van der Waals surface area contributed by atoms with Crippen LogP contribution in [0.5, 0.6) is 0 Å². The Bertz CT molecular complexity index is 552. The van der Waals surface area contributed by atoms with Crippen LogP contribution in [-0.2, 0) is 10.0 Å². The van der Waals surface area contributed by atoms with Gasteiger partial charge in [0, 0.05) is 31.4 Å². The molecule has 18 heavy (non-hydrogen) atoms. The third kappa shape index (κ3) is 3.19. The SMILES string of the molecule is CC(C)N(CCC#N)S(=O)(=O)c1cnccc1Cl. The number of rotatable bonds is 5. The summed E-state index contributed by atoms with van der Waals surface area (Å²) in [7, 11) is -3.72. The molecule has 0 aliphatic rings. The van der Waals surface area contributed by atoms with Crippen molar-refractivity contribution in [3.8, 4) is 6.07 Å². The topological polar surface area (TPSA) is 74.1 Å². The summed E-state index contributed by atoms with van der Waals surface area (Å²) < 4.78 is 26.0. The van der Waals surface area contributed by atoms with Crippen LogP contribution in [0.1, 0.15) is 20.3 Å². The second-order valence-corrected chi connectivity index (χ2v) is 6.19. The van der Waals surface area contributed by atoms with Gasteiger partial charge < -0.3 is 0 Å². The Kier molecular flexibility index (Phi) is 5.08. The Morgan fingerprint density at radius 2 is 2.22 bits per heavy atom. The van der Waals surface area contributed by atoms with E-state index in [1.165, 1.54) is 22.8 Å². The molecule has 7 heteroatoms. The van der Waals surface area contributed by atoms with Crippen molar-refractivity contribution in [2.45, 2.75) is 31.2 Å². The fourth-order valence-corrected chi connectivity index (χ4v) is 3.54. The summed E-state index contributed by atoms with van der Waals surface area (Å²) >= 11 is 5.88. The van der Waals surface area contributed by atoms with Crippen LogP contribution in [-0.4, -0.2) is 30.3 Å². The van der Waals surface area contributed by atoms with Crippen molar-refractivity contribution in [3.05, 3.63) is 23.5 Å². The van der Waals surface area contributed by atoms with Crippen LogP contribution in [0, 0.1) is 11.3 Å². The number of pyridine rings is 1. The van der Waals surface area contributed by atoms with E-state index in [1.54, 1.807) is 13.8 Å². The van der Waals surface area contributed by atoms with E-state index in [4.69, 9.17) is 16.9 Å². The predicted octanol–water partition coefficient (Wildman–Crippen LogP) is 2.05. The highest BCUT2D eigenvalue weighted by molar-refractivity contribution is 7.89. The molecule has 1 aromatic heterocycles. The number of hydrogen-bond donors (Lipinski definition) is 0. The molecule has 0 saturated heterocycles. The van der Waals surface area contributed by atoms with Gasteiger partial charge in [-0.2, -0.15) is 9.57 Å². The first kappa shape index (κ1) is 14.9. The zero-order valence-corrected chi connectivity index (χ0v) is 11.7. The van der Waals surface area contributed by atoms with Gasteiger partial charge in [0.1, 0.15) is 4.90 Å². The smallest absolute Gasteiger partial charge is 0.246 e. The molecule has 0 radical (unpaired) electrons. The van der Waals surface area contributed by atoms with E-state index in [-0.39, 0.29) is 28.9 Å². The predicted molar refractivity (Wildman–Crippen MR) is 68.5 cm³/mol. The summed E-state index contributed by atoms with van der Waals surface area (Å²) in [5, 5.41) is 8.71. The van der Waals surface area contributed by atoms with Gasteiger partial charge in [-0.1, -0.05) is 11.6 Å². The highest BCUT2D eigenvalue weighted by Gasteiger charge is 2.28. The Morgan fingerprint density at radius 1 is 1.56 bits per heavy atom. The molecule has 0 amide bonds. The van der Waals surface area contributed by atoms with E-state index in [9.17, 15) is 8.42 Å². The minimum absolute atomic E-state index is 0.0293. The Labute approximate surface area is 112 Å². The number of hydrogen-bond acceptors (Lipinski definition) is 4. The van der Waals surface area contributed by atoms with Gasteiger partial charge in [0.05, 0.1) is 11.1 Å².